The summed E-state index contributed by atoms with van der Waals surface area (Å²) < 4.78 is 0. The normalized spacial score (nSPS) is 51.9. The monoisotopic (exact) mass is 230 g/mol. The number of Topliss-reactive ketones (excluding diaryl/α,β-unsaturated/α-hetero) is 1. The van der Waals surface area contributed by atoms with Gasteiger partial charge in [0.15, 0.2) is 0 Å². The molecule has 3 atom stereocenters. The molecule has 0 N–H and O–H groups in total. The van der Waals surface area contributed by atoms with E-state index in [4.69, 9.17) is 0 Å². The molecule has 2 heteroatoms. The van der Waals surface area contributed by atoms with Crippen molar-refractivity contribution in [2.24, 2.45) is 16.7 Å². The van der Waals surface area contributed by atoms with Crippen LogP contribution in [0.25, 0.3) is 0 Å². The van der Waals surface area contributed by atoms with E-state index in [2.05, 4.69) is 29.8 Å². The van der Waals surface area contributed by atoms with Crippen LogP contribution in [-0.4, -0.2) is 11.1 Å². The van der Waals surface area contributed by atoms with Gasteiger partial charge in [0.25, 0.3) is 0 Å². The van der Waals surface area contributed by atoms with Crippen molar-refractivity contribution < 1.29 is 4.79 Å². The fourth-order valence-electron chi connectivity index (χ4n) is 3.01. The van der Waals surface area contributed by atoms with E-state index in [-0.39, 0.29) is 10.8 Å². The Labute approximate surface area is 82.0 Å². The van der Waals surface area contributed by atoms with Crippen LogP contribution in [-0.2, 0) is 4.79 Å². The van der Waals surface area contributed by atoms with E-state index in [1.807, 2.05) is 0 Å². The molecule has 2 aliphatic carbocycles. The molecule has 2 saturated carbocycles. The highest BCUT2D eigenvalue weighted by molar-refractivity contribution is 9.09. The molecule has 0 saturated heterocycles. The summed E-state index contributed by atoms with van der Waals surface area (Å²) in [4.78, 5) is 11.7. The van der Waals surface area contributed by atoms with Crippen molar-refractivity contribution in [1.82, 2.24) is 0 Å². The molecular formula is C10H15BrO. The standard InChI is InChI=1S/C10H15BrO/c1-9-4-3-7(5-8(9)12)10(9,2)6-11/h7H,3-6H2,1-2H3/t7-,9+,10-/m0/s1. The average Bonchev–Trinajstić information content (AvgIpc) is 2.39. The smallest absolute Gasteiger partial charge is 0.139 e. The Bertz CT molecular complexity index is 238. The highest BCUT2D eigenvalue weighted by Gasteiger charge is 2.63. The number of ketones is 1. The third kappa shape index (κ3) is 0.729. The first kappa shape index (κ1) is 8.74. The first-order valence-corrected chi connectivity index (χ1v) is 5.76. The van der Waals surface area contributed by atoms with Crippen LogP contribution in [0.4, 0.5) is 0 Å². The molecule has 0 amide bonds. The minimum atomic E-state index is -0.0127. The molecular weight excluding hydrogens is 216 g/mol. The summed E-state index contributed by atoms with van der Waals surface area (Å²) in [5.74, 6) is 1.15. The van der Waals surface area contributed by atoms with Crippen LogP contribution in [0.15, 0.2) is 0 Å². The molecule has 1 nitrogen and oxygen atoms in total. The predicted molar refractivity (Wildman–Crippen MR) is 52.4 cm³/mol. The molecule has 2 bridgehead atoms. The Morgan fingerprint density at radius 1 is 1.58 bits per heavy atom. The van der Waals surface area contributed by atoms with Gasteiger partial charge in [-0.3, -0.25) is 4.79 Å². The van der Waals surface area contributed by atoms with Gasteiger partial charge in [0.2, 0.25) is 0 Å². The number of halogens is 1. The lowest BCUT2D eigenvalue weighted by molar-refractivity contribution is -0.128. The van der Waals surface area contributed by atoms with E-state index in [1.54, 1.807) is 0 Å². The number of hydrogen-bond donors (Lipinski definition) is 0. The zero-order chi connectivity index (χ0) is 8.98. The maximum atomic E-state index is 11.7. The fourth-order valence-corrected chi connectivity index (χ4v) is 4.09. The molecule has 0 spiro atoms. The third-order valence-electron chi connectivity index (χ3n) is 4.48. The zero-order valence-electron chi connectivity index (χ0n) is 7.69. The van der Waals surface area contributed by atoms with E-state index in [1.165, 1.54) is 6.42 Å². The summed E-state index contributed by atoms with van der Waals surface area (Å²) in [6.45, 7) is 4.42. The first-order valence-electron chi connectivity index (χ1n) is 4.64. The maximum absolute atomic E-state index is 11.7. The van der Waals surface area contributed by atoms with Crippen molar-refractivity contribution in [2.45, 2.75) is 33.1 Å². The van der Waals surface area contributed by atoms with Crippen LogP contribution >= 0.6 is 15.9 Å². The highest BCUT2D eigenvalue weighted by atomic mass is 79.9. The molecule has 2 aliphatic rings. The molecule has 2 fully saturated rings. The van der Waals surface area contributed by atoms with Crippen LogP contribution in [0.1, 0.15) is 33.1 Å². The fraction of sp³-hybridized carbons (Fsp3) is 0.900. The lowest BCUT2D eigenvalue weighted by Gasteiger charge is -2.34. The number of fused-ring (bicyclic) bond motifs is 2. The van der Waals surface area contributed by atoms with Crippen molar-refractivity contribution in [3.05, 3.63) is 0 Å². The quantitative estimate of drug-likeness (QED) is 0.634. The second-order valence-electron chi connectivity index (χ2n) is 4.75. The SMILES string of the molecule is C[C@]1(CBr)[C@H]2CC[C@]1(C)C(=O)C2. The van der Waals surface area contributed by atoms with Crippen LogP contribution < -0.4 is 0 Å². The minimum Gasteiger partial charge on any atom is -0.299 e. The molecule has 12 heavy (non-hydrogen) atoms. The van der Waals surface area contributed by atoms with Crippen molar-refractivity contribution >= 4 is 21.7 Å². The molecule has 0 heterocycles. The Morgan fingerprint density at radius 3 is 2.50 bits per heavy atom. The highest BCUT2D eigenvalue weighted by Crippen LogP contribution is 2.64. The zero-order valence-corrected chi connectivity index (χ0v) is 9.28. The van der Waals surface area contributed by atoms with E-state index in [0.717, 1.165) is 18.2 Å². The van der Waals surface area contributed by atoms with E-state index >= 15 is 0 Å². The third-order valence-corrected chi connectivity index (χ3v) is 5.64. The Hall–Kier alpha value is 0.150. The van der Waals surface area contributed by atoms with Crippen LogP contribution in [0.2, 0.25) is 0 Å². The van der Waals surface area contributed by atoms with Crippen LogP contribution in [0.3, 0.4) is 0 Å². The van der Waals surface area contributed by atoms with Gasteiger partial charge in [-0.2, -0.15) is 0 Å². The second-order valence-corrected chi connectivity index (χ2v) is 5.31. The summed E-state index contributed by atoms with van der Waals surface area (Å²) in [6.07, 6.45) is 3.20. The molecule has 0 aromatic carbocycles. The van der Waals surface area contributed by atoms with Gasteiger partial charge < -0.3 is 0 Å². The maximum Gasteiger partial charge on any atom is 0.139 e. The van der Waals surface area contributed by atoms with Crippen molar-refractivity contribution in [1.29, 1.82) is 0 Å². The molecule has 0 radical (unpaired) electrons. The largest absolute Gasteiger partial charge is 0.299 e. The molecule has 0 aliphatic heterocycles. The Balaban J connectivity index is 2.44. The van der Waals surface area contributed by atoms with E-state index < -0.39 is 0 Å². The number of carbonyl (C=O) groups excluding carboxylic acids is 1. The number of carbonyl (C=O) groups is 1. The van der Waals surface area contributed by atoms with Gasteiger partial charge in [-0.05, 0) is 24.2 Å². The van der Waals surface area contributed by atoms with Gasteiger partial charge in [-0.25, -0.2) is 0 Å². The van der Waals surface area contributed by atoms with Crippen molar-refractivity contribution in [3.63, 3.8) is 0 Å². The van der Waals surface area contributed by atoms with Gasteiger partial charge in [0.05, 0.1) is 0 Å². The lowest BCUT2D eigenvalue weighted by Crippen LogP contribution is -2.36. The Morgan fingerprint density at radius 2 is 2.25 bits per heavy atom. The summed E-state index contributed by atoms with van der Waals surface area (Å²) in [5, 5.41) is 0.979. The topological polar surface area (TPSA) is 17.1 Å². The molecule has 68 valence electrons. The second kappa shape index (κ2) is 2.34. The number of hydrogen-bond acceptors (Lipinski definition) is 1. The lowest BCUT2D eigenvalue weighted by atomic mass is 9.70. The number of rotatable bonds is 1. The molecule has 2 rings (SSSR count). The van der Waals surface area contributed by atoms with E-state index in [9.17, 15) is 4.79 Å². The van der Waals surface area contributed by atoms with Gasteiger partial charge in [-0.15, -0.1) is 0 Å². The summed E-state index contributed by atoms with van der Waals surface area (Å²) in [7, 11) is 0. The van der Waals surface area contributed by atoms with Crippen molar-refractivity contribution in [3.8, 4) is 0 Å². The van der Waals surface area contributed by atoms with E-state index in [0.29, 0.717) is 11.7 Å². The van der Waals surface area contributed by atoms with Gasteiger partial charge in [0, 0.05) is 17.2 Å². The average molecular weight is 231 g/mol. The minimum absolute atomic E-state index is 0.0127. The van der Waals surface area contributed by atoms with Crippen molar-refractivity contribution in [2.75, 3.05) is 5.33 Å². The molecule has 0 aromatic rings. The van der Waals surface area contributed by atoms with Crippen LogP contribution in [0, 0.1) is 16.7 Å². The number of alkyl halides is 1. The summed E-state index contributed by atoms with van der Waals surface area (Å²) in [5.41, 5.74) is 0.227. The summed E-state index contributed by atoms with van der Waals surface area (Å²) >= 11 is 3.56. The first-order chi connectivity index (χ1) is 5.54. The van der Waals surface area contributed by atoms with Crippen LogP contribution in [0.5, 0.6) is 0 Å². The molecule has 0 aromatic heterocycles. The van der Waals surface area contributed by atoms with Gasteiger partial charge in [0.1, 0.15) is 5.78 Å². The summed E-state index contributed by atoms with van der Waals surface area (Å²) in [6, 6.07) is 0. The van der Waals surface area contributed by atoms with Gasteiger partial charge in [-0.1, -0.05) is 29.8 Å². The molecule has 0 unspecified atom stereocenters. The Kier molecular flexibility index (Phi) is 1.70. The predicted octanol–water partition coefficient (Wildman–Crippen LogP) is 2.78. The van der Waals surface area contributed by atoms with Gasteiger partial charge >= 0.3 is 0 Å².